The minimum Gasteiger partial charge on any atom is -0.336 e. The number of nitrogens with one attached hydrogen (secondary N) is 1. The summed E-state index contributed by atoms with van der Waals surface area (Å²) in [7, 11) is 0. The fraction of sp³-hybridized carbons (Fsp3) is 0.375. The Morgan fingerprint density at radius 3 is 2.52 bits per heavy atom. The Labute approximate surface area is 189 Å². The average Bonchev–Trinajstić information content (AvgIpc) is 2.80. The molecule has 6 nitrogen and oxygen atoms in total. The van der Waals surface area contributed by atoms with Crippen LogP contribution in [-0.2, 0) is 11.2 Å². The molecule has 2 aliphatic heterocycles. The first kappa shape index (κ1) is 22.8. The van der Waals surface area contributed by atoms with E-state index in [1.54, 1.807) is 6.07 Å². The maximum atomic E-state index is 12.9. The van der Waals surface area contributed by atoms with Crippen molar-refractivity contribution in [2.45, 2.75) is 25.2 Å². The van der Waals surface area contributed by atoms with E-state index >= 15 is 0 Å². The fourth-order valence-corrected chi connectivity index (χ4v) is 4.18. The van der Waals surface area contributed by atoms with E-state index in [0.29, 0.717) is 31.5 Å². The van der Waals surface area contributed by atoms with Crippen molar-refractivity contribution in [1.29, 1.82) is 5.26 Å². The largest absolute Gasteiger partial charge is 0.336 e. The van der Waals surface area contributed by atoms with Gasteiger partial charge in [0, 0.05) is 43.9 Å². The third-order valence-electron chi connectivity index (χ3n) is 6.00. The second-order valence-corrected chi connectivity index (χ2v) is 7.93. The van der Waals surface area contributed by atoms with E-state index in [1.165, 1.54) is 0 Å². The lowest BCUT2D eigenvalue weighted by Gasteiger charge is -2.35. The number of carbonyl (C=O) groups excluding carboxylic acids is 2. The third kappa shape index (κ3) is 5.43. The molecule has 1 saturated heterocycles. The number of fused-ring (bicyclic) bond motifs is 1. The van der Waals surface area contributed by atoms with Crippen LogP contribution in [0.4, 0.5) is 5.69 Å². The van der Waals surface area contributed by atoms with Gasteiger partial charge in [-0.15, -0.1) is 12.4 Å². The zero-order chi connectivity index (χ0) is 20.9. The Bertz CT molecular complexity index is 965. The predicted octanol–water partition coefficient (Wildman–Crippen LogP) is 3.45. The first-order valence-electron chi connectivity index (χ1n) is 10.5. The van der Waals surface area contributed by atoms with E-state index in [2.05, 4.69) is 16.3 Å². The number of anilines is 1. The van der Waals surface area contributed by atoms with Gasteiger partial charge < -0.3 is 10.2 Å². The van der Waals surface area contributed by atoms with Gasteiger partial charge in [0.1, 0.15) is 0 Å². The van der Waals surface area contributed by atoms with Crippen molar-refractivity contribution in [3.8, 4) is 6.07 Å². The summed E-state index contributed by atoms with van der Waals surface area (Å²) in [6, 6.07) is 17.9. The van der Waals surface area contributed by atoms with Gasteiger partial charge in [0.15, 0.2) is 0 Å². The molecule has 0 spiro atoms. The predicted molar refractivity (Wildman–Crippen MR) is 122 cm³/mol. The van der Waals surface area contributed by atoms with Crippen molar-refractivity contribution < 1.29 is 9.59 Å². The van der Waals surface area contributed by atoms with Crippen molar-refractivity contribution in [2.24, 2.45) is 0 Å². The van der Waals surface area contributed by atoms with Gasteiger partial charge in [-0.25, -0.2) is 0 Å². The van der Waals surface area contributed by atoms with E-state index in [0.717, 1.165) is 42.9 Å². The van der Waals surface area contributed by atoms with Gasteiger partial charge >= 0.3 is 0 Å². The Morgan fingerprint density at radius 1 is 1.06 bits per heavy atom. The topological polar surface area (TPSA) is 76.4 Å². The van der Waals surface area contributed by atoms with E-state index in [1.807, 2.05) is 47.4 Å². The molecule has 31 heavy (non-hydrogen) atoms. The minimum atomic E-state index is -0.0955. The molecule has 0 aromatic heterocycles. The molecule has 162 valence electrons. The number of rotatable bonds is 5. The molecule has 0 radical (unpaired) electrons. The summed E-state index contributed by atoms with van der Waals surface area (Å²) in [5.74, 6) is -0.0148. The van der Waals surface area contributed by atoms with Crippen molar-refractivity contribution in [2.75, 3.05) is 38.0 Å². The zero-order valence-corrected chi connectivity index (χ0v) is 18.2. The Hall–Kier alpha value is -2.88. The number of aryl methyl sites for hydroxylation is 1. The highest BCUT2D eigenvalue weighted by molar-refractivity contribution is 5.98. The first-order valence-corrected chi connectivity index (χ1v) is 10.5. The van der Waals surface area contributed by atoms with Crippen LogP contribution < -0.4 is 5.32 Å². The lowest BCUT2D eigenvalue weighted by Crippen LogP contribution is -2.49. The summed E-state index contributed by atoms with van der Waals surface area (Å²) in [6.07, 6.45) is 1.94. The van der Waals surface area contributed by atoms with Crippen LogP contribution >= 0.6 is 12.4 Å². The molecule has 0 aliphatic carbocycles. The lowest BCUT2D eigenvalue weighted by atomic mass is 9.97. The van der Waals surface area contributed by atoms with Crippen molar-refractivity contribution in [1.82, 2.24) is 9.80 Å². The molecule has 1 fully saturated rings. The Morgan fingerprint density at radius 2 is 1.81 bits per heavy atom. The standard InChI is InChI=1S/C24H26N4O2.ClH/c25-17-21(18-4-2-1-3-5-18)10-11-27-12-14-28(15-13-27)24(30)20-6-8-22-19(16-20)7-9-23(29)26-22;/h1-6,8,16,21H,7,9-15H2,(H,26,29);1H. The van der Waals surface area contributed by atoms with Gasteiger partial charge in [0.2, 0.25) is 5.91 Å². The third-order valence-corrected chi connectivity index (χ3v) is 6.00. The molecule has 1 unspecified atom stereocenters. The van der Waals surface area contributed by atoms with Gasteiger partial charge in [-0.05, 0) is 48.7 Å². The maximum absolute atomic E-state index is 12.9. The monoisotopic (exact) mass is 438 g/mol. The van der Waals surface area contributed by atoms with Crippen LogP contribution in [-0.4, -0.2) is 54.3 Å². The molecule has 2 aromatic rings. The van der Waals surface area contributed by atoms with Crippen LogP contribution in [0, 0.1) is 11.3 Å². The molecule has 2 amide bonds. The van der Waals surface area contributed by atoms with Crippen LogP contribution in [0.3, 0.4) is 0 Å². The second-order valence-electron chi connectivity index (χ2n) is 7.93. The SMILES string of the molecule is Cl.N#CC(CCN1CCN(C(=O)c2ccc3c(c2)CCC(=O)N3)CC1)c1ccccc1. The van der Waals surface area contributed by atoms with Crippen molar-refractivity contribution in [3.05, 3.63) is 65.2 Å². The second kappa shape index (κ2) is 10.4. The number of nitriles is 1. The highest BCUT2D eigenvalue weighted by Gasteiger charge is 2.24. The van der Waals surface area contributed by atoms with E-state index in [4.69, 9.17) is 0 Å². The summed E-state index contributed by atoms with van der Waals surface area (Å²) in [5.41, 5.74) is 3.60. The number of halogens is 1. The number of amides is 2. The van der Waals surface area contributed by atoms with Crippen LogP contribution in [0.1, 0.15) is 40.2 Å². The number of piperazine rings is 1. The number of hydrogen-bond acceptors (Lipinski definition) is 4. The van der Waals surface area contributed by atoms with Crippen molar-refractivity contribution in [3.63, 3.8) is 0 Å². The summed E-state index contributed by atoms with van der Waals surface area (Å²) < 4.78 is 0. The van der Waals surface area contributed by atoms with Gasteiger partial charge in [-0.3, -0.25) is 14.5 Å². The number of hydrogen-bond donors (Lipinski definition) is 1. The summed E-state index contributed by atoms with van der Waals surface area (Å²) in [6.45, 7) is 3.87. The maximum Gasteiger partial charge on any atom is 0.253 e. The Balaban J connectivity index is 0.00000272. The molecular formula is C24H27ClN4O2. The molecule has 0 bridgehead atoms. The molecule has 2 heterocycles. The average molecular weight is 439 g/mol. The number of nitrogens with zero attached hydrogens (tertiary/aromatic N) is 3. The molecule has 7 heteroatoms. The number of carbonyl (C=O) groups is 2. The van der Waals surface area contributed by atoms with Crippen LogP contribution in [0.5, 0.6) is 0 Å². The first-order chi connectivity index (χ1) is 14.6. The fourth-order valence-electron chi connectivity index (χ4n) is 4.18. The van der Waals surface area contributed by atoms with Crippen LogP contribution in [0.15, 0.2) is 48.5 Å². The molecular weight excluding hydrogens is 412 g/mol. The van der Waals surface area contributed by atoms with Gasteiger partial charge in [0.25, 0.3) is 5.91 Å². The van der Waals surface area contributed by atoms with Gasteiger partial charge in [-0.1, -0.05) is 30.3 Å². The van der Waals surface area contributed by atoms with Crippen molar-refractivity contribution >= 4 is 29.9 Å². The lowest BCUT2D eigenvalue weighted by molar-refractivity contribution is -0.116. The Kier molecular flexibility index (Phi) is 7.67. The minimum absolute atomic E-state index is 0. The molecule has 2 aliphatic rings. The molecule has 0 saturated carbocycles. The van der Waals surface area contributed by atoms with E-state index in [9.17, 15) is 14.9 Å². The quantitative estimate of drug-likeness (QED) is 0.775. The highest BCUT2D eigenvalue weighted by atomic mass is 35.5. The van der Waals surface area contributed by atoms with Gasteiger partial charge in [0.05, 0.1) is 12.0 Å². The van der Waals surface area contributed by atoms with E-state index < -0.39 is 0 Å². The highest BCUT2D eigenvalue weighted by Crippen LogP contribution is 2.24. The summed E-state index contributed by atoms with van der Waals surface area (Å²) in [5, 5.41) is 12.4. The number of benzene rings is 2. The van der Waals surface area contributed by atoms with Crippen LogP contribution in [0.25, 0.3) is 0 Å². The summed E-state index contributed by atoms with van der Waals surface area (Å²) in [4.78, 5) is 28.7. The summed E-state index contributed by atoms with van der Waals surface area (Å²) >= 11 is 0. The molecule has 4 rings (SSSR count). The smallest absolute Gasteiger partial charge is 0.253 e. The zero-order valence-electron chi connectivity index (χ0n) is 17.4. The van der Waals surface area contributed by atoms with Gasteiger partial charge in [-0.2, -0.15) is 5.26 Å². The van der Waals surface area contributed by atoms with E-state index in [-0.39, 0.29) is 30.1 Å². The normalized spacial score (nSPS) is 17.0. The molecule has 2 aromatic carbocycles. The molecule has 1 N–H and O–H groups in total. The molecule has 1 atom stereocenters. The van der Waals surface area contributed by atoms with Crippen LogP contribution in [0.2, 0.25) is 0 Å².